The molecule has 0 bridgehead atoms. The lowest BCUT2D eigenvalue weighted by molar-refractivity contribution is -0.138. The molecule has 1 saturated heterocycles. The molecule has 0 aliphatic carbocycles. The third-order valence-corrected chi connectivity index (χ3v) is 3.81. The summed E-state index contributed by atoms with van der Waals surface area (Å²) in [7, 11) is 0. The van der Waals surface area contributed by atoms with Crippen LogP contribution in [0.3, 0.4) is 0 Å². The van der Waals surface area contributed by atoms with E-state index in [-0.39, 0.29) is 31.2 Å². The minimum Gasteiger partial charge on any atom is -0.314 e. The normalized spacial score (nSPS) is 17.1. The Hall–Kier alpha value is -0.560. The van der Waals surface area contributed by atoms with Crippen molar-refractivity contribution in [1.29, 1.82) is 0 Å². The maximum atomic E-state index is 14.2. The highest BCUT2D eigenvalue weighted by atomic mass is 35.5. The first-order valence-corrected chi connectivity index (χ1v) is 7.14. The second kappa shape index (κ2) is 9.67. The van der Waals surface area contributed by atoms with Gasteiger partial charge in [0.1, 0.15) is 5.82 Å². The van der Waals surface area contributed by atoms with E-state index in [1.807, 2.05) is 4.90 Å². The van der Waals surface area contributed by atoms with E-state index in [4.69, 9.17) is 0 Å². The van der Waals surface area contributed by atoms with Crippen molar-refractivity contribution in [1.82, 2.24) is 10.2 Å². The summed E-state index contributed by atoms with van der Waals surface area (Å²) in [5.74, 6) is -0.416. The maximum absolute atomic E-state index is 14.2. The average Bonchev–Trinajstić information content (AvgIpc) is 2.41. The van der Waals surface area contributed by atoms with Crippen molar-refractivity contribution >= 4 is 24.8 Å². The molecule has 134 valence electrons. The molecule has 0 amide bonds. The Morgan fingerprint density at radius 3 is 2.30 bits per heavy atom. The first kappa shape index (κ1) is 22.4. The number of nitrogens with one attached hydrogen (secondary N) is 1. The molecule has 23 heavy (non-hydrogen) atoms. The van der Waals surface area contributed by atoms with Crippen molar-refractivity contribution < 1.29 is 17.6 Å². The molecule has 1 fully saturated rings. The molecular formula is C15H22Cl2F4N2. The third kappa shape index (κ3) is 6.83. The van der Waals surface area contributed by atoms with E-state index < -0.39 is 24.5 Å². The summed E-state index contributed by atoms with van der Waals surface area (Å²) in [6, 6.07) is 4.24. The molecule has 1 aliphatic rings. The zero-order valence-electron chi connectivity index (χ0n) is 12.8. The van der Waals surface area contributed by atoms with Crippen LogP contribution in [0.2, 0.25) is 0 Å². The summed E-state index contributed by atoms with van der Waals surface area (Å²) in [5, 5.41) is 3.16. The predicted molar refractivity (Wildman–Crippen MR) is 88.1 cm³/mol. The highest BCUT2D eigenvalue weighted by Crippen LogP contribution is 2.33. The SMILES string of the molecule is Cc1ccc([C@H](CCC(F)(F)F)N2CCNCC2)c(F)c1.Cl.Cl. The minimum absolute atomic E-state index is 0. The van der Waals surface area contributed by atoms with Gasteiger partial charge >= 0.3 is 6.18 Å². The van der Waals surface area contributed by atoms with Crippen LogP contribution in [0, 0.1) is 12.7 Å². The van der Waals surface area contributed by atoms with E-state index in [2.05, 4.69) is 5.32 Å². The van der Waals surface area contributed by atoms with Crippen LogP contribution < -0.4 is 5.32 Å². The number of piperazine rings is 1. The van der Waals surface area contributed by atoms with Gasteiger partial charge in [-0.1, -0.05) is 12.1 Å². The second-order valence-corrected chi connectivity index (χ2v) is 5.48. The Labute approximate surface area is 146 Å². The molecule has 1 heterocycles. The number of aryl methyl sites for hydroxylation is 1. The molecule has 0 spiro atoms. The molecule has 0 unspecified atom stereocenters. The van der Waals surface area contributed by atoms with Crippen molar-refractivity contribution in [2.45, 2.75) is 32.0 Å². The number of rotatable bonds is 4. The van der Waals surface area contributed by atoms with E-state index in [1.165, 1.54) is 6.07 Å². The lowest BCUT2D eigenvalue weighted by Gasteiger charge is -2.35. The highest BCUT2D eigenvalue weighted by molar-refractivity contribution is 5.85. The topological polar surface area (TPSA) is 15.3 Å². The monoisotopic (exact) mass is 376 g/mol. The molecule has 0 saturated carbocycles. The Morgan fingerprint density at radius 2 is 1.78 bits per heavy atom. The van der Waals surface area contributed by atoms with Crippen LogP contribution in [-0.4, -0.2) is 37.3 Å². The Balaban J connectivity index is 0.00000242. The molecule has 0 aromatic heterocycles. The molecular weight excluding hydrogens is 355 g/mol. The van der Waals surface area contributed by atoms with Crippen LogP contribution in [-0.2, 0) is 0 Å². The summed E-state index contributed by atoms with van der Waals surface area (Å²) in [4.78, 5) is 1.94. The van der Waals surface area contributed by atoms with Crippen molar-refractivity contribution in [3.8, 4) is 0 Å². The van der Waals surface area contributed by atoms with Crippen LogP contribution in [0.4, 0.5) is 17.6 Å². The summed E-state index contributed by atoms with van der Waals surface area (Å²) in [6.45, 7) is 4.47. The first-order chi connectivity index (χ1) is 9.87. The van der Waals surface area contributed by atoms with Crippen molar-refractivity contribution in [3.63, 3.8) is 0 Å². The minimum atomic E-state index is -4.21. The fourth-order valence-corrected chi connectivity index (χ4v) is 2.73. The van der Waals surface area contributed by atoms with E-state index >= 15 is 0 Å². The molecule has 1 atom stereocenters. The standard InChI is InChI=1S/C15H20F4N2.2ClH/c1-11-2-3-12(13(16)10-11)14(4-5-15(17,18)19)21-8-6-20-7-9-21;;/h2-3,10,14,20H,4-9H2,1H3;2*1H/t14-;;/m0../s1. The van der Waals surface area contributed by atoms with Crippen molar-refractivity contribution in [2.24, 2.45) is 0 Å². The summed E-state index contributed by atoms with van der Waals surface area (Å²) >= 11 is 0. The first-order valence-electron chi connectivity index (χ1n) is 7.14. The number of benzene rings is 1. The van der Waals surface area contributed by atoms with Gasteiger partial charge in [-0.05, 0) is 25.0 Å². The van der Waals surface area contributed by atoms with Gasteiger partial charge in [0.05, 0.1) is 0 Å². The third-order valence-electron chi connectivity index (χ3n) is 3.81. The quantitative estimate of drug-likeness (QED) is 0.789. The molecule has 1 aromatic carbocycles. The Kier molecular flexibility index (Phi) is 9.43. The van der Waals surface area contributed by atoms with Gasteiger partial charge in [-0.25, -0.2) is 4.39 Å². The maximum Gasteiger partial charge on any atom is 0.389 e. The average molecular weight is 377 g/mol. The van der Waals surface area contributed by atoms with Gasteiger partial charge in [-0.3, -0.25) is 4.90 Å². The fourth-order valence-electron chi connectivity index (χ4n) is 2.73. The molecule has 2 nitrogen and oxygen atoms in total. The Morgan fingerprint density at radius 1 is 1.17 bits per heavy atom. The lowest BCUT2D eigenvalue weighted by Crippen LogP contribution is -2.45. The lowest BCUT2D eigenvalue weighted by atomic mass is 9.97. The van der Waals surface area contributed by atoms with E-state index in [9.17, 15) is 17.6 Å². The van der Waals surface area contributed by atoms with Crippen LogP contribution in [0.1, 0.15) is 30.0 Å². The highest BCUT2D eigenvalue weighted by Gasteiger charge is 2.32. The fraction of sp³-hybridized carbons (Fsp3) is 0.600. The predicted octanol–water partition coefficient (Wildman–Crippen LogP) is 4.27. The van der Waals surface area contributed by atoms with Crippen LogP contribution in [0.5, 0.6) is 0 Å². The zero-order chi connectivity index (χ0) is 15.5. The van der Waals surface area contributed by atoms with Gasteiger partial charge < -0.3 is 5.32 Å². The zero-order valence-corrected chi connectivity index (χ0v) is 14.5. The van der Waals surface area contributed by atoms with Gasteiger partial charge in [0.25, 0.3) is 0 Å². The number of nitrogens with zero attached hydrogens (tertiary/aromatic N) is 1. The number of halogens is 6. The van der Waals surface area contributed by atoms with Gasteiger partial charge in [0.15, 0.2) is 0 Å². The number of hydrogen-bond donors (Lipinski definition) is 1. The number of hydrogen-bond acceptors (Lipinski definition) is 2. The molecule has 1 aromatic rings. The van der Waals surface area contributed by atoms with E-state index in [1.54, 1.807) is 19.1 Å². The van der Waals surface area contributed by atoms with Gasteiger partial charge in [0.2, 0.25) is 0 Å². The van der Waals surface area contributed by atoms with Crippen molar-refractivity contribution in [2.75, 3.05) is 26.2 Å². The van der Waals surface area contributed by atoms with Gasteiger partial charge in [-0.15, -0.1) is 24.8 Å². The van der Waals surface area contributed by atoms with Crippen LogP contribution in [0.25, 0.3) is 0 Å². The molecule has 1 aliphatic heterocycles. The molecule has 1 N–H and O–H groups in total. The summed E-state index contributed by atoms with van der Waals surface area (Å²) in [5.41, 5.74) is 1.14. The molecule has 0 radical (unpaired) electrons. The smallest absolute Gasteiger partial charge is 0.314 e. The largest absolute Gasteiger partial charge is 0.389 e. The summed E-state index contributed by atoms with van der Waals surface area (Å²) in [6.07, 6.45) is -5.22. The van der Waals surface area contributed by atoms with Crippen LogP contribution >= 0.6 is 24.8 Å². The number of alkyl halides is 3. The molecule has 2 rings (SSSR count). The van der Waals surface area contributed by atoms with Crippen molar-refractivity contribution in [3.05, 3.63) is 35.1 Å². The Bertz CT molecular complexity index is 477. The van der Waals surface area contributed by atoms with E-state index in [0.717, 1.165) is 18.7 Å². The van der Waals surface area contributed by atoms with Gasteiger partial charge in [-0.2, -0.15) is 13.2 Å². The molecule has 8 heteroatoms. The second-order valence-electron chi connectivity index (χ2n) is 5.48. The van der Waals surface area contributed by atoms with Gasteiger partial charge in [0, 0.05) is 44.2 Å². The van der Waals surface area contributed by atoms with Crippen LogP contribution in [0.15, 0.2) is 18.2 Å². The summed E-state index contributed by atoms with van der Waals surface area (Å²) < 4.78 is 51.8. The van der Waals surface area contributed by atoms with E-state index in [0.29, 0.717) is 18.7 Å².